The van der Waals surface area contributed by atoms with Gasteiger partial charge in [-0.2, -0.15) is 0 Å². The van der Waals surface area contributed by atoms with Gasteiger partial charge in [0.1, 0.15) is 17.3 Å². The van der Waals surface area contributed by atoms with Gasteiger partial charge in [0.15, 0.2) is 0 Å². The summed E-state index contributed by atoms with van der Waals surface area (Å²) in [5.41, 5.74) is 5.35. The lowest BCUT2D eigenvalue weighted by Gasteiger charge is -2.39. The van der Waals surface area contributed by atoms with Crippen LogP contribution in [0.25, 0.3) is 11.3 Å². The molecule has 7 heteroatoms. The molecule has 3 aliphatic rings. The summed E-state index contributed by atoms with van der Waals surface area (Å²) in [5.74, 6) is 1.43. The summed E-state index contributed by atoms with van der Waals surface area (Å²) < 4.78 is 12.4. The van der Waals surface area contributed by atoms with Gasteiger partial charge in [-0.3, -0.25) is 0 Å². The molecule has 182 valence electrons. The molecular weight excluding hydrogens is 442 g/mol. The molecule has 2 aromatic heterocycles. The van der Waals surface area contributed by atoms with Crippen LogP contribution in [0.5, 0.6) is 0 Å². The van der Waals surface area contributed by atoms with Gasteiger partial charge in [0, 0.05) is 35.3 Å². The van der Waals surface area contributed by atoms with E-state index in [1.165, 1.54) is 11.8 Å². The highest BCUT2D eigenvalue weighted by Gasteiger charge is 2.42. The fraction of sp³-hybridized carbons (Fsp3) is 0.464. The molecule has 3 atom stereocenters. The second-order valence-electron chi connectivity index (χ2n) is 10.3. The minimum atomic E-state index is -0.930. The number of carbonyl (C=O) groups is 1. The number of aryl methyl sites for hydroxylation is 2. The Morgan fingerprint density at radius 3 is 2.51 bits per heavy atom. The van der Waals surface area contributed by atoms with Gasteiger partial charge in [0.25, 0.3) is 0 Å². The lowest BCUT2D eigenvalue weighted by Crippen LogP contribution is -2.46. The number of aromatic carboxylic acids is 1. The predicted octanol–water partition coefficient (Wildman–Crippen LogP) is 5.65. The highest BCUT2D eigenvalue weighted by atomic mass is 16.5. The molecule has 1 saturated carbocycles. The summed E-state index contributed by atoms with van der Waals surface area (Å²) in [5, 5.41) is 13.8. The van der Waals surface area contributed by atoms with Crippen LogP contribution in [0.4, 0.5) is 5.82 Å². The van der Waals surface area contributed by atoms with Crippen molar-refractivity contribution in [2.75, 3.05) is 4.90 Å². The van der Waals surface area contributed by atoms with Crippen LogP contribution in [0.1, 0.15) is 77.3 Å². The first-order valence-electron chi connectivity index (χ1n) is 12.6. The molecule has 1 aliphatic carbocycles. The topological polar surface area (TPSA) is 88.7 Å². The number of anilines is 1. The van der Waals surface area contributed by atoms with Crippen LogP contribution < -0.4 is 4.90 Å². The Morgan fingerprint density at radius 1 is 1.11 bits per heavy atom. The number of benzene rings is 1. The maximum absolute atomic E-state index is 11.4. The fourth-order valence-corrected chi connectivity index (χ4v) is 5.92. The van der Waals surface area contributed by atoms with Crippen molar-refractivity contribution >= 4 is 11.8 Å². The van der Waals surface area contributed by atoms with Crippen LogP contribution in [-0.2, 0) is 11.3 Å². The first-order valence-corrected chi connectivity index (χ1v) is 12.6. The Bertz CT molecular complexity index is 1250. The molecule has 2 bridgehead atoms. The van der Waals surface area contributed by atoms with Crippen molar-refractivity contribution < 1.29 is 19.2 Å². The number of nitrogens with zero attached hydrogens (tertiary/aromatic N) is 3. The zero-order valence-electron chi connectivity index (χ0n) is 20.2. The molecule has 1 N–H and O–H groups in total. The zero-order chi connectivity index (χ0) is 24.1. The summed E-state index contributed by atoms with van der Waals surface area (Å²) >= 11 is 0. The van der Waals surface area contributed by atoms with E-state index in [-0.39, 0.29) is 11.7 Å². The molecule has 1 unspecified atom stereocenters. The number of rotatable bonds is 7. The molecule has 35 heavy (non-hydrogen) atoms. The third-order valence-corrected chi connectivity index (χ3v) is 7.91. The minimum Gasteiger partial charge on any atom is -0.478 e. The van der Waals surface area contributed by atoms with Gasteiger partial charge in [-0.15, -0.1) is 0 Å². The Kier molecular flexibility index (Phi) is 5.60. The molecule has 7 nitrogen and oxygen atoms in total. The average molecular weight is 474 g/mol. The number of hydrogen-bond donors (Lipinski definition) is 1. The zero-order valence-corrected chi connectivity index (χ0v) is 20.2. The summed E-state index contributed by atoms with van der Waals surface area (Å²) in [6, 6.07) is 11.0. The Morgan fingerprint density at radius 2 is 1.86 bits per heavy atom. The molecule has 1 aromatic carbocycles. The first kappa shape index (κ1) is 22.3. The number of fused-ring (bicyclic) bond motifs is 2. The van der Waals surface area contributed by atoms with E-state index in [2.05, 4.69) is 34.1 Å². The monoisotopic (exact) mass is 473 g/mol. The summed E-state index contributed by atoms with van der Waals surface area (Å²) in [6.07, 6.45) is 8.10. The number of pyridine rings is 1. The van der Waals surface area contributed by atoms with Crippen LogP contribution in [0.15, 0.2) is 41.1 Å². The van der Waals surface area contributed by atoms with E-state index in [4.69, 9.17) is 9.26 Å². The number of carboxylic acids is 1. The normalized spacial score (nSPS) is 23.6. The van der Waals surface area contributed by atoms with Crippen molar-refractivity contribution in [2.45, 2.75) is 83.1 Å². The van der Waals surface area contributed by atoms with E-state index < -0.39 is 5.97 Å². The smallest absolute Gasteiger partial charge is 0.337 e. The van der Waals surface area contributed by atoms with Gasteiger partial charge >= 0.3 is 5.97 Å². The molecule has 3 fully saturated rings. The fourth-order valence-electron chi connectivity index (χ4n) is 5.92. The van der Waals surface area contributed by atoms with Gasteiger partial charge in [0.05, 0.1) is 18.3 Å². The molecular formula is C28H31N3O4. The molecule has 3 aromatic rings. The van der Waals surface area contributed by atoms with Crippen LogP contribution in [0.2, 0.25) is 0 Å². The van der Waals surface area contributed by atoms with Crippen molar-refractivity contribution in [1.82, 2.24) is 10.1 Å². The predicted molar refractivity (Wildman–Crippen MR) is 132 cm³/mol. The standard InChI is InChI=1S/C28H31N3O4/c1-16-5-3-4-6-22(16)26-24(27(35-30-26)18-7-8-18)15-34-21-12-19-9-10-20(13-21)31(19)25-11-17(2)23(14-29-25)28(32)33/h3-6,11,14,18-21H,7-10,12-13,15H2,1-2H3,(H,32,33)/t19-,20?,21-/m0/s1. The van der Waals surface area contributed by atoms with Crippen LogP contribution >= 0.6 is 0 Å². The van der Waals surface area contributed by atoms with E-state index in [0.29, 0.717) is 24.6 Å². The molecule has 2 aliphatic heterocycles. The third-order valence-electron chi connectivity index (χ3n) is 7.91. The van der Waals surface area contributed by atoms with E-state index in [1.807, 2.05) is 25.1 Å². The third kappa shape index (κ3) is 4.12. The largest absolute Gasteiger partial charge is 0.478 e. The maximum Gasteiger partial charge on any atom is 0.337 e. The maximum atomic E-state index is 11.4. The molecule has 4 heterocycles. The molecule has 0 spiro atoms. The number of aromatic nitrogens is 2. The summed E-state index contributed by atoms with van der Waals surface area (Å²) in [6.45, 7) is 4.47. The van der Waals surface area contributed by atoms with Crippen molar-refractivity contribution in [3.8, 4) is 11.3 Å². The van der Waals surface area contributed by atoms with Crippen LogP contribution in [-0.4, -0.2) is 39.4 Å². The Hall–Kier alpha value is -3.19. The quantitative estimate of drug-likeness (QED) is 0.475. The average Bonchev–Trinajstić information content (AvgIpc) is 3.54. The van der Waals surface area contributed by atoms with Gasteiger partial charge in [-0.05, 0) is 69.6 Å². The van der Waals surface area contributed by atoms with Crippen molar-refractivity contribution in [3.63, 3.8) is 0 Å². The van der Waals surface area contributed by atoms with Gasteiger partial charge in [-0.25, -0.2) is 9.78 Å². The van der Waals surface area contributed by atoms with E-state index in [9.17, 15) is 9.90 Å². The van der Waals surface area contributed by atoms with Gasteiger partial charge in [-0.1, -0.05) is 29.4 Å². The summed E-state index contributed by atoms with van der Waals surface area (Å²) in [4.78, 5) is 18.3. The number of piperidine rings is 1. The Balaban J connectivity index is 1.18. The number of hydrogen-bond acceptors (Lipinski definition) is 6. The van der Waals surface area contributed by atoms with Gasteiger partial charge in [0.2, 0.25) is 0 Å². The molecule has 0 amide bonds. The van der Waals surface area contributed by atoms with Crippen molar-refractivity contribution in [3.05, 3.63) is 64.5 Å². The SMILES string of the molecule is Cc1cc(N2C3CC[C@H]2C[C@H](OCc2c(-c4ccccc4C)noc2C2CC2)C3)ncc1C(=O)O. The second kappa shape index (κ2) is 8.79. The number of ether oxygens (including phenoxy) is 1. The highest BCUT2D eigenvalue weighted by Crippen LogP contribution is 2.45. The van der Waals surface area contributed by atoms with Crippen molar-refractivity contribution in [2.24, 2.45) is 0 Å². The van der Waals surface area contributed by atoms with Crippen LogP contribution in [0, 0.1) is 13.8 Å². The van der Waals surface area contributed by atoms with Crippen LogP contribution in [0.3, 0.4) is 0 Å². The lowest BCUT2D eigenvalue weighted by atomic mass is 9.98. The molecule has 6 rings (SSSR count). The molecule has 0 radical (unpaired) electrons. The van der Waals surface area contributed by atoms with E-state index in [1.54, 1.807) is 0 Å². The van der Waals surface area contributed by atoms with E-state index >= 15 is 0 Å². The van der Waals surface area contributed by atoms with Crippen molar-refractivity contribution in [1.29, 1.82) is 0 Å². The minimum absolute atomic E-state index is 0.176. The second-order valence-corrected chi connectivity index (χ2v) is 10.3. The molecule has 2 saturated heterocycles. The summed E-state index contributed by atoms with van der Waals surface area (Å²) in [7, 11) is 0. The first-order chi connectivity index (χ1) is 17.0. The number of carboxylic acid groups (broad SMARTS) is 1. The highest BCUT2D eigenvalue weighted by molar-refractivity contribution is 5.89. The lowest BCUT2D eigenvalue weighted by molar-refractivity contribution is 0.0146. The Labute approximate surface area is 205 Å². The van der Waals surface area contributed by atoms with Gasteiger partial charge < -0.3 is 19.3 Å². The van der Waals surface area contributed by atoms with E-state index in [0.717, 1.165) is 72.5 Å².